The summed E-state index contributed by atoms with van der Waals surface area (Å²) < 4.78 is 5.22. The number of hydrogen-bond acceptors (Lipinski definition) is 8. The second-order valence-electron chi connectivity index (χ2n) is 10.7. The summed E-state index contributed by atoms with van der Waals surface area (Å²) >= 11 is 0. The van der Waals surface area contributed by atoms with Crippen molar-refractivity contribution in [3.8, 4) is 5.75 Å². The Morgan fingerprint density at radius 1 is 0.723 bits per heavy atom. The van der Waals surface area contributed by atoms with Crippen molar-refractivity contribution in [1.29, 1.82) is 0 Å². The van der Waals surface area contributed by atoms with Crippen LogP contribution in [0.15, 0.2) is 104 Å². The van der Waals surface area contributed by atoms with E-state index in [1.165, 1.54) is 32.6 Å². The summed E-state index contributed by atoms with van der Waals surface area (Å²) in [6, 6.07) is 21.5. The summed E-state index contributed by atoms with van der Waals surface area (Å²) in [7, 11) is 1.53. The first-order chi connectivity index (χ1) is 22.7. The number of ether oxygens (including phenoxy) is 1. The Morgan fingerprint density at radius 2 is 1.32 bits per heavy atom. The zero-order valence-corrected chi connectivity index (χ0v) is 26.0. The third kappa shape index (κ3) is 10.3. The molecule has 47 heavy (non-hydrogen) atoms. The number of amides is 4. The standard InChI is InChI=1S/C35H36N6O6.4H2/c1-23(39-34(45)30-22-36-17-18-37-30)32(43)41-29(20-25-13-15-27(47-2)16-14-25)33(44)40-28(19-24-9-5-3-6-10-24)31(42)35(46)38-21-26-11-7-4-8-12-26;;;;/h3-18,22-23,28-29H,19-21H2,1-2H3,(H,38,46)(H,39,45)(H,40,44)(H,41,43);4*1H/t23-,28-,29-;;;;/m0..../s1. The van der Waals surface area contributed by atoms with E-state index in [9.17, 15) is 24.0 Å². The summed E-state index contributed by atoms with van der Waals surface area (Å²) in [6.45, 7) is 1.59. The van der Waals surface area contributed by atoms with Crippen LogP contribution in [0.25, 0.3) is 0 Å². The molecule has 0 bridgehead atoms. The van der Waals surface area contributed by atoms with Crippen LogP contribution < -0.4 is 26.0 Å². The van der Waals surface area contributed by atoms with E-state index >= 15 is 0 Å². The lowest BCUT2D eigenvalue weighted by atomic mass is 9.99. The average molecular weight is 645 g/mol. The second-order valence-corrected chi connectivity index (χ2v) is 10.7. The number of methoxy groups -OCH3 is 1. The molecule has 4 amide bonds. The lowest BCUT2D eigenvalue weighted by Crippen LogP contribution is -2.57. The van der Waals surface area contributed by atoms with Gasteiger partial charge in [-0.1, -0.05) is 72.8 Å². The van der Waals surface area contributed by atoms with Crippen LogP contribution in [0.1, 0.15) is 39.8 Å². The fourth-order valence-electron chi connectivity index (χ4n) is 4.61. The third-order valence-electron chi connectivity index (χ3n) is 7.20. The Balaban J connectivity index is 0.00000625. The number of carbonyl (C=O) groups excluding carboxylic acids is 5. The molecule has 250 valence electrons. The molecule has 0 spiro atoms. The number of rotatable bonds is 15. The van der Waals surface area contributed by atoms with Gasteiger partial charge in [0.15, 0.2) is 0 Å². The molecule has 0 aliphatic rings. The minimum absolute atomic E-state index is 0. The summed E-state index contributed by atoms with van der Waals surface area (Å²) in [5, 5.41) is 10.6. The molecule has 0 radical (unpaired) electrons. The average Bonchev–Trinajstić information content (AvgIpc) is 3.11. The Kier molecular flexibility index (Phi) is 12.3. The maximum atomic E-state index is 13.8. The highest BCUT2D eigenvalue weighted by molar-refractivity contribution is 6.38. The number of benzene rings is 3. The first-order valence-corrected chi connectivity index (χ1v) is 14.9. The van der Waals surface area contributed by atoms with Gasteiger partial charge in [0.25, 0.3) is 11.8 Å². The van der Waals surface area contributed by atoms with Crippen LogP contribution in [0.2, 0.25) is 0 Å². The van der Waals surface area contributed by atoms with E-state index in [0.717, 1.165) is 11.1 Å². The van der Waals surface area contributed by atoms with Gasteiger partial charge in [0, 0.05) is 37.5 Å². The number of ketones is 1. The molecule has 12 nitrogen and oxygen atoms in total. The number of carbonyl (C=O) groups is 5. The van der Waals surface area contributed by atoms with Gasteiger partial charge in [-0.2, -0.15) is 0 Å². The van der Waals surface area contributed by atoms with Crippen LogP contribution >= 0.6 is 0 Å². The van der Waals surface area contributed by atoms with Crippen LogP contribution in [0, 0.1) is 0 Å². The summed E-state index contributed by atoms with van der Waals surface area (Å²) in [6.07, 6.45) is 4.11. The van der Waals surface area contributed by atoms with E-state index in [1.54, 1.807) is 48.5 Å². The van der Waals surface area contributed by atoms with Crippen molar-refractivity contribution < 1.29 is 34.4 Å². The smallest absolute Gasteiger partial charge is 0.289 e. The van der Waals surface area contributed by atoms with Crippen molar-refractivity contribution in [2.45, 2.75) is 44.4 Å². The van der Waals surface area contributed by atoms with E-state index in [0.29, 0.717) is 11.3 Å². The molecule has 0 aliphatic heterocycles. The first kappa shape index (κ1) is 34.0. The molecule has 4 N–H and O–H groups in total. The van der Waals surface area contributed by atoms with Gasteiger partial charge in [0.1, 0.15) is 29.6 Å². The number of nitrogens with one attached hydrogen (secondary N) is 4. The van der Waals surface area contributed by atoms with E-state index in [4.69, 9.17) is 4.74 Å². The molecular formula is C35H44N6O6. The monoisotopic (exact) mass is 644 g/mol. The summed E-state index contributed by atoms with van der Waals surface area (Å²) in [4.78, 5) is 73.9. The van der Waals surface area contributed by atoms with Crippen molar-refractivity contribution in [2.75, 3.05) is 7.11 Å². The van der Waals surface area contributed by atoms with E-state index in [-0.39, 0.29) is 30.8 Å². The molecule has 12 heteroatoms. The predicted molar refractivity (Wildman–Crippen MR) is 181 cm³/mol. The predicted octanol–water partition coefficient (Wildman–Crippen LogP) is 2.93. The highest BCUT2D eigenvalue weighted by Gasteiger charge is 2.31. The zero-order valence-electron chi connectivity index (χ0n) is 26.0. The SMILES string of the molecule is COc1ccc(C[C@H](NC(=O)[C@H](C)NC(=O)c2cnccn2)C(=O)N[C@@H](Cc2ccccc2)C(=O)C(=O)NCc2ccccc2)cc1.[HH].[HH].[HH].[HH]. The first-order valence-electron chi connectivity index (χ1n) is 14.9. The van der Waals surface area contributed by atoms with E-state index in [2.05, 4.69) is 31.2 Å². The van der Waals surface area contributed by atoms with Crippen LogP contribution in [0.3, 0.4) is 0 Å². The molecule has 0 fully saturated rings. The fraction of sp³-hybridized carbons (Fsp3) is 0.229. The number of nitrogens with zero attached hydrogens (tertiary/aromatic N) is 2. The van der Waals surface area contributed by atoms with Gasteiger partial charge in [0.2, 0.25) is 17.6 Å². The quantitative estimate of drug-likeness (QED) is 0.143. The highest BCUT2D eigenvalue weighted by atomic mass is 16.5. The fourth-order valence-corrected chi connectivity index (χ4v) is 4.61. The third-order valence-corrected chi connectivity index (χ3v) is 7.20. The van der Waals surface area contributed by atoms with Gasteiger partial charge in [-0.3, -0.25) is 29.0 Å². The van der Waals surface area contributed by atoms with Crippen molar-refractivity contribution >= 4 is 29.4 Å². The summed E-state index contributed by atoms with van der Waals surface area (Å²) in [5.41, 5.74) is 2.24. The van der Waals surface area contributed by atoms with Gasteiger partial charge in [-0.15, -0.1) is 0 Å². The summed E-state index contributed by atoms with van der Waals surface area (Å²) in [5.74, 6) is -3.04. The van der Waals surface area contributed by atoms with Gasteiger partial charge in [-0.05, 0) is 35.7 Å². The molecule has 0 saturated heterocycles. The van der Waals surface area contributed by atoms with Crippen LogP contribution in [-0.4, -0.2) is 64.6 Å². The minimum atomic E-state index is -1.23. The molecule has 3 aromatic carbocycles. The highest BCUT2D eigenvalue weighted by Crippen LogP contribution is 2.14. The molecule has 4 rings (SSSR count). The largest absolute Gasteiger partial charge is 0.497 e. The van der Waals surface area contributed by atoms with E-state index < -0.39 is 47.5 Å². The molecule has 1 aromatic heterocycles. The Bertz CT molecular complexity index is 1670. The minimum Gasteiger partial charge on any atom is -0.497 e. The van der Waals surface area contributed by atoms with Gasteiger partial charge in [0.05, 0.1) is 13.3 Å². The van der Waals surface area contributed by atoms with Crippen molar-refractivity contribution in [3.05, 3.63) is 126 Å². The van der Waals surface area contributed by atoms with Gasteiger partial charge < -0.3 is 26.0 Å². The Morgan fingerprint density at radius 3 is 1.94 bits per heavy atom. The van der Waals surface area contributed by atoms with Crippen molar-refractivity contribution in [2.24, 2.45) is 0 Å². The maximum Gasteiger partial charge on any atom is 0.289 e. The normalized spacial score (nSPS) is 12.5. The van der Waals surface area contributed by atoms with Crippen molar-refractivity contribution in [1.82, 2.24) is 31.2 Å². The maximum absolute atomic E-state index is 13.8. The molecule has 0 aliphatic carbocycles. The molecular weight excluding hydrogens is 600 g/mol. The topological polar surface area (TPSA) is 168 Å². The lowest BCUT2D eigenvalue weighted by Gasteiger charge is -2.24. The van der Waals surface area contributed by atoms with Crippen LogP contribution in [-0.2, 0) is 38.6 Å². The number of Topliss-reactive ketones (excluding diaryl/α,β-unsaturated/α-hetero) is 1. The number of aromatic nitrogens is 2. The molecule has 0 saturated carbocycles. The second kappa shape index (κ2) is 17.0. The van der Waals surface area contributed by atoms with Gasteiger partial charge in [-0.25, -0.2) is 4.98 Å². The lowest BCUT2D eigenvalue weighted by molar-refractivity contribution is -0.140. The van der Waals surface area contributed by atoms with E-state index in [1.807, 2.05) is 36.4 Å². The van der Waals surface area contributed by atoms with Crippen LogP contribution in [0.5, 0.6) is 5.75 Å². The number of hydrogen-bond donors (Lipinski definition) is 4. The van der Waals surface area contributed by atoms with Gasteiger partial charge >= 0.3 is 0 Å². The molecule has 1 heterocycles. The molecule has 0 unspecified atom stereocenters. The zero-order chi connectivity index (χ0) is 33.6. The Hall–Kier alpha value is -5.91. The van der Waals surface area contributed by atoms with Crippen LogP contribution in [0.4, 0.5) is 0 Å². The molecule has 4 aromatic rings. The van der Waals surface area contributed by atoms with Crippen molar-refractivity contribution in [3.63, 3.8) is 0 Å². The molecule has 3 atom stereocenters. The Labute approximate surface area is 278 Å².